The number of fused-ring (bicyclic) bond motifs is 3. The maximum Gasteiger partial charge on any atom is 0.0435 e. The van der Waals surface area contributed by atoms with Crippen molar-refractivity contribution in [3.8, 4) is 22.3 Å². The van der Waals surface area contributed by atoms with E-state index in [1.54, 1.807) is 0 Å². The molecule has 0 atom stereocenters. The summed E-state index contributed by atoms with van der Waals surface area (Å²) >= 11 is 0. The molecule has 0 spiro atoms. The molecular weight excluding hydrogens is 396 g/mol. The van der Waals surface area contributed by atoms with E-state index in [1.165, 1.54) is 50.1 Å². The fraction of sp³-hybridized carbons (Fsp3) is 0.0909. The zero-order valence-electron chi connectivity index (χ0n) is 18.8. The Labute approximate surface area is 196 Å². The first-order valence-electron chi connectivity index (χ1n) is 11.7. The average Bonchev–Trinajstić information content (AvgIpc) is 3.15. The molecule has 0 N–H and O–H groups in total. The Morgan fingerprint density at radius 2 is 1.06 bits per heavy atom. The van der Waals surface area contributed by atoms with Crippen molar-refractivity contribution in [2.24, 2.45) is 0 Å². The third kappa shape index (κ3) is 3.31. The van der Waals surface area contributed by atoms with Gasteiger partial charge in [-0.15, -0.1) is 0 Å². The maximum absolute atomic E-state index is 2.38. The monoisotopic (exact) mass is 422 g/mol. The molecule has 0 nitrogen and oxygen atoms in total. The minimum absolute atomic E-state index is 0.156. The smallest absolute Gasteiger partial charge is 0.0435 e. The molecule has 0 heteroatoms. The van der Waals surface area contributed by atoms with Crippen molar-refractivity contribution in [3.05, 3.63) is 155 Å². The van der Waals surface area contributed by atoms with E-state index in [2.05, 4.69) is 134 Å². The second kappa shape index (κ2) is 7.90. The molecule has 0 radical (unpaired) electrons. The minimum atomic E-state index is -0.156. The Bertz CT molecular complexity index is 1380. The van der Waals surface area contributed by atoms with Crippen LogP contribution >= 0.6 is 0 Å². The number of benzene rings is 5. The summed E-state index contributed by atoms with van der Waals surface area (Å²) in [6.07, 6.45) is 0.965. The van der Waals surface area contributed by atoms with Crippen LogP contribution in [-0.4, -0.2) is 0 Å². The Hall–Kier alpha value is -3.90. The van der Waals surface area contributed by atoms with Crippen LogP contribution in [-0.2, 0) is 11.8 Å². The van der Waals surface area contributed by atoms with Gasteiger partial charge >= 0.3 is 0 Å². The fourth-order valence-electron chi connectivity index (χ4n) is 5.42. The van der Waals surface area contributed by atoms with E-state index < -0.39 is 0 Å². The summed E-state index contributed by atoms with van der Waals surface area (Å²) in [5.41, 5.74) is 11.9. The number of hydrogen-bond donors (Lipinski definition) is 0. The highest BCUT2D eigenvalue weighted by molar-refractivity contribution is 5.83. The van der Waals surface area contributed by atoms with Crippen molar-refractivity contribution >= 4 is 0 Å². The first kappa shape index (κ1) is 19.8. The molecule has 158 valence electrons. The molecule has 1 aliphatic rings. The molecule has 0 heterocycles. The Morgan fingerprint density at radius 1 is 0.485 bits per heavy atom. The average molecular weight is 423 g/mol. The van der Waals surface area contributed by atoms with Gasteiger partial charge in [0, 0.05) is 5.41 Å². The third-order valence-corrected chi connectivity index (χ3v) is 7.20. The van der Waals surface area contributed by atoms with Crippen LogP contribution in [0.15, 0.2) is 127 Å². The van der Waals surface area contributed by atoms with Gasteiger partial charge < -0.3 is 0 Å². The Kier molecular flexibility index (Phi) is 4.73. The molecular formula is C33H26. The summed E-state index contributed by atoms with van der Waals surface area (Å²) in [4.78, 5) is 0. The minimum Gasteiger partial charge on any atom is -0.0622 e. The molecule has 5 aromatic rings. The van der Waals surface area contributed by atoms with E-state index in [-0.39, 0.29) is 5.41 Å². The highest BCUT2D eigenvalue weighted by Gasteiger charge is 2.40. The van der Waals surface area contributed by atoms with Gasteiger partial charge in [0.25, 0.3) is 0 Å². The van der Waals surface area contributed by atoms with Crippen LogP contribution in [0.1, 0.15) is 34.7 Å². The SMILES string of the molecule is CC1(c2cccc(-c3ccc(Cc4ccccc4)cc3)c2)c2ccccc2-c2ccccc21. The first-order valence-corrected chi connectivity index (χ1v) is 11.7. The summed E-state index contributed by atoms with van der Waals surface area (Å²) in [5.74, 6) is 0. The van der Waals surface area contributed by atoms with Crippen LogP contribution in [0.4, 0.5) is 0 Å². The molecule has 0 amide bonds. The van der Waals surface area contributed by atoms with E-state index in [4.69, 9.17) is 0 Å². The van der Waals surface area contributed by atoms with Gasteiger partial charge in [-0.2, -0.15) is 0 Å². The lowest BCUT2D eigenvalue weighted by atomic mass is 9.74. The molecule has 0 saturated carbocycles. The van der Waals surface area contributed by atoms with Crippen LogP contribution in [0.5, 0.6) is 0 Å². The van der Waals surface area contributed by atoms with Gasteiger partial charge in [-0.3, -0.25) is 0 Å². The van der Waals surface area contributed by atoms with Crippen molar-refractivity contribution in [2.45, 2.75) is 18.8 Å². The summed E-state index contributed by atoms with van der Waals surface area (Å²) in [6.45, 7) is 2.37. The largest absolute Gasteiger partial charge is 0.0622 e. The molecule has 1 aliphatic carbocycles. The lowest BCUT2D eigenvalue weighted by Gasteiger charge is -2.28. The van der Waals surface area contributed by atoms with Crippen molar-refractivity contribution in [1.82, 2.24) is 0 Å². The highest BCUT2D eigenvalue weighted by Crippen LogP contribution is 2.52. The normalized spacial score (nSPS) is 13.4. The van der Waals surface area contributed by atoms with Crippen molar-refractivity contribution in [2.75, 3.05) is 0 Å². The highest BCUT2D eigenvalue weighted by atomic mass is 14.4. The second-order valence-electron chi connectivity index (χ2n) is 9.16. The summed E-state index contributed by atoms with van der Waals surface area (Å²) in [7, 11) is 0. The lowest BCUT2D eigenvalue weighted by molar-refractivity contribution is 0.714. The van der Waals surface area contributed by atoms with E-state index in [1.807, 2.05) is 0 Å². The molecule has 5 aromatic carbocycles. The van der Waals surface area contributed by atoms with Crippen LogP contribution in [0, 0.1) is 0 Å². The van der Waals surface area contributed by atoms with Crippen LogP contribution in [0.2, 0.25) is 0 Å². The van der Waals surface area contributed by atoms with Gasteiger partial charge in [-0.25, -0.2) is 0 Å². The molecule has 0 saturated heterocycles. The lowest BCUT2D eigenvalue weighted by Crippen LogP contribution is -2.22. The molecule has 6 rings (SSSR count). The molecule has 0 unspecified atom stereocenters. The molecule has 0 aromatic heterocycles. The van der Waals surface area contributed by atoms with Gasteiger partial charge in [0.15, 0.2) is 0 Å². The molecule has 0 aliphatic heterocycles. The van der Waals surface area contributed by atoms with Crippen LogP contribution in [0.3, 0.4) is 0 Å². The molecule has 0 bridgehead atoms. The van der Waals surface area contributed by atoms with Crippen LogP contribution < -0.4 is 0 Å². The van der Waals surface area contributed by atoms with Gasteiger partial charge in [0.05, 0.1) is 0 Å². The fourth-order valence-corrected chi connectivity index (χ4v) is 5.42. The zero-order valence-corrected chi connectivity index (χ0v) is 18.8. The van der Waals surface area contributed by atoms with Gasteiger partial charge in [0.1, 0.15) is 0 Å². The van der Waals surface area contributed by atoms with Crippen molar-refractivity contribution in [3.63, 3.8) is 0 Å². The maximum atomic E-state index is 2.38. The second-order valence-corrected chi connectivity index (χ2v) is 9.16. The van der Waals surface area contributed by atoms with Crippen molar-refractivity contribution < 1.29 is 0 Å². The Morgan fingerprint density at radius 3 is 1.73 bits per heavy atom. The summed E-state index contributed by atoms with van der Waals surface area (Å²) < 4.78 is 0. The van der Waals surface area contributed by atoms with Crippen molar-refractivity contribution in [1.29, 1.82) is 0 Å². The predicted octanol–water partition coefficient (Wildman–Crippen LogP) is 8.28. The van der Waals surface area contributed by atoms with Gasteiger partial charge in [-0.1, -0.05) is 121 Å². The third-order valence-electron chi connectivity index (χ3n) is 7.20. The number of hydrogen-bond acceptors (Lipinski definition) is 0. The standard InChI is InChI=1S/C33H26/c1-33(31-16-7-5-14-29(31)30-15-6-8-17-32(30)33)28-13-9-12-27(23-28)26-20-18-25(19-21-26)22-24-10-3-2-4-11-24/h2-21,23H,22H2,1H3. The predicted molar refractivity (Wildman–Crippen MR) is 139 cm³/mol. The quantitative estimate of drug-likeness (QED) is 0.273. The Balaban J connectivity index is 1.38. The van der Waals surface area contributed by atoms with E-state index in [0.29, 0.717) is 0 Å². The zero-order chi connectivity index (χ0) is 22.3. The summed E-state index contributed by atoms with van der Waals surface area (Å²) in [6, 6.07) is 46.5. The first-order chi connectivity index (χ1) is 16.2. The number of rotatable bonds is 4. The molecule has 33 heavy (non-hydrogen) atoms. The van der Waals surface area contributed by atoms with Gasteiger partial charge in [-0.05, 0) is 69.5 Å². The van der Waals surface area contributed by atoms with Crippen LogP contribution in [0.25, 0.3) is 22.3 Å². The summed E-state index contributed by atoms with van der Waals surface area (Å²) in [5, 5.41) is 0. The van der Waals surface area contributed by atoms with E-state index in [9.17, 15) is 0 Å². The van der Waals surface area contributed by atoms with Gasteiger partial charge in [0.2, 0.25) is 0 Å². The van der Waals surface area contributed by atoms with E-state index >= 15 is 0 Å². The van der Waals surface area contributed by atoms with E-state index in [0.717, 1.165) is 6.42 Å². The molecule has 0 fully saturated rings. The topological polar surface area (TPSA) is 0 Å².